The summed E-state index contributed by atoms with van der Waals surface area (Å²) in [5, 5.41) is 9.14. The average Bonchev–Trinajstić information content (AvgIpc) is 2.37. The molecule has 102 valence electrons. The van der Waals surface area contributed by atoms with E-state index in [4.69, 9.17) is 15.6 Å². The van der Waals surface area contributed by atoms with E-state index >= 15 is 0 Å². The summed E-state index contributed by atoms with van der Waals surface area (Å²) in [5.74, 6) is -2.79. The lowest BCUT2D eigenvalue weighted by atomic mass is 10.1. The van der Waals surface area contributed by atoms with Gasteiger partial charge in [0, 0.05) is 6.54 Å². The van der Waals surface area contributed by atoms with E-state index in [-0.39, 0.29) is 24.4 Å². The van der Waals surface area contributed by atoms with Crippen LogP contribution in [0.3, 0.4) is 0 Å². The molecule has 0 aromatic heterocycles. The fourth-order valence-corrected chi connectivity index (χ4v) is 2.09. The molecular formula is C12H13FN2O4. The maximum atomic E-state index is 13.7. The number of nitrogens with two attached hydrogens (primary N) is 1. The first-order valence-electron chi connectivity index (χ1n) is 5.68. The highest BCUT2D eigenvalue weighted by atomic mass is 19.1. The molecule has 7 heteroatoms. The van der Waals surface area contributed by atoms with Gasteiger partial charge in [0.1, 0.15) is 5.82 Å². The van der Waals surface area contributed by atoms with Crippen LogP contribution in [-0.4, -0.2) is 42.8 Å². The topological polar surface area (TPSA) is 92.9 Å². The molecule has 19 heavy (non-hydrogen) atoms. The first kappa shape index (κ1) is 13.3. The number of carbonyl (C=O) groups is 2. The fourth-order valence-electron chi connectivity index (χ4n) is 2.09. The standard InChI is InChI=1S/C12H13FN2O4/c13-7-2-1-3-8(10(7)11(14)16)15-4-5-19-6-9(15)12(17)18/h1-3,9H,4-6H2,(H2,14,16)(H,17,18). The largest absolute Gasteiger partial charge is 0.480 e. The van der Waals surface area contributed by atoms with Crippen molar-refractivity contribution in [2.24, 2.45) is 5.73 Å². The molecule has 1 aliphatic heterocycles. The number of aliphatic carboxylic acids is 1. The molecule has 3 N–H and O–H groups in total. The van der Waals surface area contributed by atoms with E-state index in [1.807, 2.05) is 0 Å². The minimum Gasteiger partial charge on any atom is -0.480 e. The normalized spacial score (nSPS) is 19.2. The molecule has 1 aromatic rings. The fraction of sp³-hybridized carbons (Fsp3) is 0.333. The van der Waals surface area contributed by atoms with Gasteiger partial charge in [-0.1, -0.05) is 6.07 Å². The number of anilines is 1. The zero-order valence-corrected chi connectivity index (χ0v) is 10.0. The first-order valence-corrected chi connectivity index (χ1v) is 5.68. The summed E-state index contributed by atoms with van der Waals surface area (Å²) >= 11 is 0. The first-order chi connectivity index (χ1) is 9.02. The van der Waals surface area contributed by atoms with Gasteiger partial charge in [0.2, 0.25) is 0 Å². The van der Waals surface area contributed by atoms with E-state index in [1.54, 1.807) is 0 Å². The second-order valence-corrected chi connectivity index (χ2v) is 4.12. The molecule has 1 amide bonds. The quantitative estimate of drug-likeness (QED) is 0.817. The third-order valence-electron chi connectivity index (χ3n) is 2.96. The molecule has 1 heterocycles. The summed E-state index contributed by atoms with van der Waals surface area (Å²) in [4.78, 5) is 23.9. The van der Waals surface area contributed by atoms with E-state index in [9.17, 15) is 14.0 Å². The van der Waals surface area contributed by atoms with Crippen molar-refractivity contribution in [2.75, 3.05) is 24.7 Å². The molecule has 1 unspecified atom stereocenters. The number of benzene rings is 1. The van der Waals surface area contributed by atoms with Crippen molar-refractivity contribution in [1.82, 2.24) is 0 Å². The molecular weight excluding hydrogens is 255 g/mol. The van der Waals surface area contributed by atoms with Crippen LogP contribution in [0.15, 0.2) is 18.2 Å². The SMILES string of the molecule is NC(=O)c1c(F)cccc1N1CCOCC1C(=O)O. The van der Waals surface area contributed by atoms with Crippen LogP contribution in [0, 0.1) is 5.82 Å². The second kappa shape index (κ2) is 5.23. The molecule has 0 bridgehead atoms. The minimum absolute atomic E-state index is 0.0238. The molecule has 0 aliphatic carbocycles. The minimum atomic E-state index is -1.10. The number of ether oxygens (including phenoxy) is 1. The number of nitrogens with zero attached hydrogens (tertiary/aromatic N) is 1. The Morgan fingerprint density at radius 3 is 2.84 bits per heavy atom. The molecule has 6 nitrogen and oxygen atoms in total. The van der Waals surface area contributed by atoms with Gasteiger partial charge in [-0.2, -0.15) is 0 Å². The molecule has 0 saturated carbocycles. The van der Waals surface area contributed by atoms with Crippen molar-refractivity contribution >= 4 is 17.6 Å². The van der Waals surface area contributed by atoms with Crippen LogP contribution in [0.1, 0.15) is 10.4 Å². The number of primary amides is 1. The van der Waals surface area contributed by atoms with Crippen LogP contribution >= 0.6 is 0 Å². The van der Waals surface area contributed by atoms with Crippen molar-refractivity contribution < 1.29 is 23.8 Å². The number of hydrogen-bond acceptors (Lipinski definition) is 4. The zero-order valence-electron chi connectivity index (χ0n) is 10.0. The highest BCUT2D eigenvalue weighted by Crippen LogP contribution is 2.26. The molecule has 0 radical (unpaired) electrons. The Bertz CT molecular complexity index is 520. The van der Waals surface area contributed by atoms with Gasteiger partial charge in [0.15, 0.2) is 6.04 Å². The van der Waals surface area contributed by atoms with E-state index < -0.39 is 23.7 Å². The van der Waals surface area contributed by atoms with E-state index in [2.05, 4.69) is 0 Å². The van der Waals surface area contributed by atoms with Crippen molar-refractivity contribution in [2.45, 2.75) is 6.04 Å². The predicted molar refractivity (Wildman–Crippen MR) is 64.5 cm³/mol. The summed E-state index contributed by atoms with van der Waals surface area (Å²) in [6.07, 6.45) is 0. The van der Waals surface area contributed by atoms with Gasteiger partial charge in [0.25, 0.3) is 5.91 Å². The van der Waals surface area contributed by atoms with Gasteiger partial charge in [-0.3, -0.25) is 4.79 Å². The summed E-state index contributed by atoms with van der Waals surface area (Å²) < 4.78 is 18.8. The van der Waals surface area contributed by atoms with Gasteiger partial charge in [-0.15, -0.1) is 0 Å². The van der Waals surface area contributed by atoms with Gasteiger partial charge in [0.05, 0.1) is 24.5 Å². The number of hydrogen-bond donors (Lipinski definition) is 2. The zero-order chi connectivity index (χ0) is 14.0. The number of carboxylic acids is 1. The van der Waals surface area contributed by atoms with E-state index in [0.29, 0.717) is 6.61 Å². The molecule has 1 aliphatic rings. The maximum absolute atomic E-state index is 13.7. The van der Waals surface area contributed by atoms with E-state index in [1.165, 1.54) is 17.0 Å². The highest BCUT2D eigenvalue weighted by molar-refractivity contribution is 5.99. The Hall–Kier alpha value is -2.15. The third kappa shape index (κ3) is 2.50. The van der Waals surface area contributed by atoms with Crippen molar-refractivity contribution in [3.63, 3.8) is 0 Å². The van der Waals surface area contributed by atoms with Crippen LogP contribution in [0.2, 0.25) is 0 Å². The van der Waals surface area contributed by atoms with Crippen LogP contribution in [0.4, 0.5) is 10.1 Å². The monoisotopic (exact) mass is 268 g/mol. The van der Waals surface area contributed by atoms with Gasteiger partial charge in [-0.25, -0.2) is 9.18 Å². The molecule has 1 saturated heterocycles. The Morgan fingerprint density at radius 1 is 1.47 bits per heavy atom. The van der Waals surface area contributed by atoms with Crippen molar-refractivity contribution in [3.8, 4) is 0 Å². The Labute approximate surface area is 108 Å². The maximum Gasteiger partial charge on any atom is 0.328 e. The average molecular weight is 268 g/mol. The highest BCUT2D eigenvalue weighted by Gasteiger charge is 2.32. The summed E-state index contributed by atoms with van der Waals surface area (Å²) in [7, 11) is 0. The van der Waals surface area contributed by atoms with Crippen LogP contribution in [-0.2, 0) is 9.53 Å². The number of rotatable bonds is 3. The smallest absolute Gasteiger partial charge is 0.328 e. The number of carboxylic acid groups (broad SMARTS) is 1. The number of amides is 1. The van der Waals surface area contributed by atoms with Crippen molar-refractivity contribution in [1.29, 1.82) is 0 Å². The van der Waals surface area contributed by atoms with Gasteiger partial charge in [-0.05, 0) is 12.1 Å². The van der Waals surface area contributed by atoms with Crippen LogP contribution < -0.4 is 10.6 Å². The second-order valence-electron chi connectivity index (χ2n) is 4.12. The van der Waals surface area contributed by atoms with Crippen LogP contribution in [0.5, 0.6) is 0 Å². The summed E-state index contributed by atoms with van der Waals surface area (Å²) in [5.41, 5.74) is 5.05. The molecule has 0 spiro atoms. The van der Waals surface area contributed by atoms with Crippen LogP contribution in [0.25, 0.3) is 0 Å². The number of carbonyl (C=O) groups excluding carboxylic acids is 1. The Balaban J connectivity index is 2.47. The lowest BCUT2D eigenvalue weighted by Gasteiger charge is -2.35. The summed E-state index contributed by atoms with van der Waals surface area (Å²) in [6.45, 7) is 0.531. The molecule has 2 rings (SSSR count). The lowest BCUT2D eigenvalue weighted by Crippen LogP contribution is -2.50. The Morgan fingerprint density at radius 2 is 2.21 bits per heavy atom. The predicted octanol–water partition coefficient (Wildman–Crippen LogP) is 0.214. The van der Waals surface area contributed by atoms with Gasteiger partial charge >= 0.3 is 5.97 Å². The molecule has 1 atom stereocenters. The van der Waals surface area contributed by atoms with Gasteiger partial charge < -0.3 is 20.5 Å². The molecule has 1 aromatic carbocycles. The summed E-state index contributed by atoms with van der Waals surface area (Å²) in [6, 6.07) is 3.03. The lowest BCUT2D eigenvalue weighted by molar-refractivity contribution is -0.141. The Kier molecular flexibility index (Phi) is 3.66. The third-order valence-corrected chi connectivity index (χ3v) is 2.96. The molecule has 1 fully saturated rings. The number of halogens is 1. The van der Waals surface area contributed by atoms with E-state index in [0.717, 1.165) is 6.07 Å². The van der Waals surface area contributed by atoms with Crippen molar-refractivity contribution in [3.05, 3.63) is 29.6 Å². The number of morpholine rings is 1.